The molecule has 8 nitrogen and oxygen atoms in total. The molecule has 3 amide bonds. The van der Waals surface area contributed by atoms with Crippen LogP contribution >= 0.6 is 0 Å². The maximum absolute atomic E-state index is 14.0. The molecule has 0 bridgehead atoms. The van der Waals surface area contributed by atoms with E-state index in [9.17, 15) is 19.5 Å². The monoisotopic (exact) mass is 509 g/mol. The summed E-state index contributed by atoms with van der Waals surface area (Å²) in [6.07, 6.45) is 2.66. The van der Waals surface area contributed by atoms with Gasteiger partial charge in [0.15, 0.2) is 0 Å². The second-order valence-electron chi connectivity index (χ2n) is 9.81. The van der Waals surface area contributed by atoms with Crippen LogP contribution in [0.1, 0.15) is 57.7 Å². The van der Waals surface area contributed by atoms with Gasteiger partial charge in [-0.3, -0.25) is 9.59 Å². The second kappa shape index (κ2) is 14.1. The molecule has 0 spiro atoms. The Hall–Kier alpha value is -3.81. The molecule has 37 heavy (non-hydrogen) atoms. The minimum absolute atomic E-state index is 0.0254. The number of carbonyl (C=O) groups excluding carboxylic acids is 3. The van der Waals surface area contributed by atoms with E-state index in [1.165, 1.54) is 23.1 Å². The van der Waals surface area contributed by atoms with E-state index in [0.29, 0.717) is 12.1 Å². The van der Waals surface area contributed by atoms with Gasteiger partial charge in [-0.25, -0.2) is 4.79 Å². The number of nitrogens with one attached hydrogen (secondary N) is 2. The van der Waals surface area contributed by atoms with Gasteiger partial charge in [0.05, 0.1) is 0 Å². The summed E-state index contributed by atoms with van der Waals surface area (Å²) in [5, 5.41) is 15.7. The van der Waals surface area contributed by atoms with Gasteiger partial charge in [0.25, 0.3) is 0 Å². The smallest absolute Gasteiger partial charge is 0.408 e. The Morgan fingerprint density at radius 1 is 1.11 bits per heavy atom. The van der Waals surface area contributed by atoms with Crippen molar-refractivity contribution in [1.29, 1.82) is 0 Å². The fourth-order valence-corrected chi connectivity index (χ4v) is 3.81. The van der Waals surface area contributed by atoms with Gasteiger partial charge in [-0.2, -0.15) is 0 Å². The Balaban J connectivity index is 2.48. The number of unbranched alkanes of at least 4 members (excludes halogenated alkanes) is 1. The number of hydrogen-bond donors (Lipinski definition) is 3. The van der Waals surface area contributed by atoms with Crippen molar-refractivity contribution in [2.45, 2.75) is 64.6 Å². The Bertz CT molecular complexity index is 1050. The number of hydrogen-bond acceptors (Lipinski definition) is 5. The first-order valence-corrected chi connectivity index (χ1v) is 12.6. The molecule has 0 aromatic heterocycles. The van der Waals surface area contributed by atoms with Crippen LogP contribution in [0.15, 0.2) is 67.3 Å². The van der Waals surface area contributed by atoms with E-state index in [1.807, 2.05) is 37.3 Å². The lowest BCUT2D eigenvalue weighted by Gasteiger charge is -2.34. The van der Waals surface area contributed by atoms with Gasteiger partial charge in [-0.05, 0) is 50.5 Å². The first-order chi connectivity index (χ1) is 17.6. The maximum Gasteiger partial charge on any atom is 0.408 e. The van der Waals surface area contributed by atoms with Crippen molar-refractivity contribution in [2.75, 3.05) is 13.1 Å². The zero-order valence-corrected chi connectivity index (χ0v) is 22.2. The number of rotatable bonds is 12. The van der Waals surface area contributed by atoms with E-state index < -0.39 is 29.7 Å². The summed E-state index contributed by atoms with van der Waals surface area (Å²) in [7, 11) is 0. The van der Waals surface area contributed by atoms with Gasteiger partial charge < -0.3 is 25.4 Å². The molecule has 2 unspecified atom stereocenters. The molecule has 200 valence electrons. The molecule has 0 heterocycles. The fourth-order valence-electron chi connectivity index (χ4n) is 3.81. The van der Waals surface area contributed by atoms with Crippen LogP contribution in [0.25, 0.3) is 0 Å². The van der Waals surface area contributed by atoms with Crippen LogP contribution in [0.2, 0.25) is 0 Å². The highest BCUT2D eigenvalue weighted by Gasteiger charge is 2.36. The number of phenolic OH excluding ortho intramolecular Hbond substituents is 1. The van der Waals surface area contributed by atoms with Crippen molar-refractivity contribution in [3.8, 4) is 5.75 Å². The average molecular weight is 510 g/mol. The molecule has 0 aliphatic carbocycles. The van der Waals surface area contributed by atoms with Gasteiger partial charge in [-0.1, -0.05) is 61.9 Å². The molecule has 2 rings (SSSR count). The predicted octanol–water partition coefficient (Wildman–Crippen LogP) is 4.50. The highest BCUT2D eigenvalue weighted by molar-refractivity contribution is 5.92. The summed E-state index contributed by atoms with van der Waals surface area (Å²) in [5.41, 5.74) is 0.519. The number of ether oxygens (including phenoxy) is 1. The Morgan fingerprint density at radius 3 is 2.41 bits per heavy atom. The standard InChI is InChI=1S/C29H39N3O5/c1-6-8-17-30-26(34)25(22-15-12-16-23(33)20-22)32(18-7-2)27(35)24(19-21-13-10-9-11-14-21)31-28(36)37-29(3,4)5/h7,9-16,20,24-25,33H,2,6,8,17-19H2,1,3-5H3,(H,30,34)(H,31,36). The zero-order valence-electron chi connectivity index (χ0n) is 22.2. The number of aromatic hydroxyl groups is 1. The molecule has 2 aromatic rings. The number of alkyl carbamates (subject to hydrolysis) is 1. The average Bonchev–Trinajstić information content (AvgIpc) is 2.82. The molecule has 0 aliphatic heterocycles. The molecule has 3 N–H and O–H groups in total. The van der Waals surface area contributed by atoms with E-state index in [4.69, 9.17) is 4.74 Å². The molecule has 0 saturated heterocycles. The van der Waals surface area contributed by atoms with E-state index in [-0.39, 0.29) is 24.6 Å². The van der Waals surface area contributed by atoms with E-state index in [0.717, 1.165) is 18.4 Å². The molecule has 2 aromatic carbocycles. The van der Waals surface area contributed by atoms with Gasteiger partial charge in [-0.15, -0.1) is 6.58 Å². The Morgan fingerprint density at radius 2 is 1.81 bits per heavy atom. The van der Waals surface area contributed by atoms with Crippen LogP contribution in [0.3, 0.4) is 0 Å². The van der Waals surface area contributed by atoms with Crippen LogP contribution in [0.4, 0.5) is 4.79 Å². The summed E-state index contributed by atoms with van der Waals surface area (Å²) in [5.74, 6) is -0.888. The molecule has 0 aliphatic rings. The largest absolute Gasteiger partial charge is 0.508 e. The molecule has 0 radical (unpaired) electrons. The molecule has 2 atom stereocenters. The van der Waals surface area contributed by atoms with Crippen molar-refractivity contribution in [1.82, 2.24) is 15.5 Å². The summed E-state index contributed by atoms with van der Waals surface area (Å²) >= 11 is 0. The molecule has 8 heteroatoms. The normalized spacial score (nSPS) is 12.6. The van der Waals surface area contributed by atoms with E-state index >= 15 is 0 Å². The number of amides is 3. The summed E-state index contributed by atoms with van der Waals surface area (Å²) in [6, 6.07) is 13.5. The van der Waals surface area contributed by atoms with E-state index in [1.54, 1.807) is 32.9 Å². The maximum atomic E-state index is 14.0. The number of carbonyl (C=O) groups is 3. The van der Waals surface area contributed by atoms with Crippen LogP contribution < -0.4 is 10.6 Å². The molecular formula is C29H39N3O5. The third-order valence-electron chi connectivity index (χ3n) is 5.46. The van der Waals surface area contributed by atoms with Gasteiger partial charge in [0, 0.05) is 19.5 Å². The lowest BCUT2D eigenvalue weighted by Crippen LogP contribution is -2.53. The predicted molar refractivity (Wildman–Crippen MR) is 144 cm³/mol. The van der Waals surface area contributed by atoms with Crippen molar-refractivity contribution in [3.05, 3.63) is 78.4 Å². The SMILES string of the molecule is C=CCN(C(=O)C(Cc1ccccc1)NC(=O)OC(C)(C)C)C(C(=O)NCCCC)c1cccc(O)c1. The number of benzene rings is 2. The van der Waals surface area contributed by atoms with Gasteiger partial charge in [0.1, 0.15) is 23.4 Å². The summed E-state index contributed by atoms with van der Waals surface area (Å²) in [4.78, 5) is 41.5. The molecular weight excluding hydrogens is 470 g/mol. The first-order valence-electron chi connectivity index (χ1n) is 12.6. The highest BCUT2D eigenvalue weighted by Crippen LogP contribution is 2.26. The minimum atomic E-state index is -1.05. The first kappa shape index (κ1) is 29.4. The van der Waals surface area contributed by atoms with Crippen LogP contribution in [0.5, 0.6) is 5.75 Å². The highest BCUT2D eigenvalue weighted by atomic mass is 16.6. The van der Waals surface area contributed by atoms with Crippen LogP contribution in [-0.2, 0) is 20.7 Å². The summed E-state index contributed by atoms with van der Waals surface area (Å²) in [6.45, 7) is 11.5. The quantitative estimate of drug-likeness (QED) is 0.288. The fraction of sp³-hybridized carbons (Fsp3) is 0.414. The van der Waals surface area contributed by atoms with Crippen molar-refractivity contribution in [3.63, 3.8) is 0 Å². The third kappa shape index (κ3) is 9.63. The van der Waals surface area contributed by atoms with Crippen molar-refractivity contribution >= 4 is 17.9 Å². The number of nitrogens with zero attached hydrogens (tertiary/aromatic N) is 1. The lowest BCUT2D eigenvalue weighted by atomic mass is 10.00. The second-order valence-corrected chi connectivity index (χ2v) is 9.81. The van der Waals surface area contributed by atoms with Gasteiger partial charge >= 0.3 is 6.09 Å². The van der Waals surface area contributed by atoms with Crippen LogP contribution in [0, 0.1) is 0 Å². The van der Waals surface area contributed by atoms with Gasteiger partial charge in [0.2, 0.25) is 11.8 Å². The van der Waals surface area contributed by atoms with E-state index in [2.05, 4.69) is 17.2 Å². The van der Waals surface area contributed by atoms with Crippen LogP contribution in [-0.4, -0.2) is 52.6 Å². The lowest BCUT2D eigenvalue weighted by molar-refractivity contribution is -0.141. The minimum Gasteiger partial charge on any atom is -0.508 e. The molecule has 0 fully saturated rings. The number of phenols is 1. The third-order valence-corrected chi connectivity index (χ3v) is 5.46. The Kier molecular flexibility index (Phi) is 11.2. The van der Waals surface area contributed by atoms with Crippen molar-refractivity contribution < 1.29 is 24.2 Å². The zero-order chi connectivity index (χ0) is 27.4. The topological polar surface area (TPSA) is 108 Å². The van der Waals surface area contributed by atoms with Crippen molar-refractivity contribution in [2.24, 2.45) is 0 Å². The summed E-state index contributed by atoms with van der Waals surface area (Å²) < 4.78 is 5.42. The molecule has 0 saturated carbocycles. The Labute approximate surface area is 219 Å².